The van der Waals surface area contributed by atoms with Gasteiger partial charge in [0.25, 0.3) is 5.91 Å². The number of nitrogens with one attached hydrogen (secondary N) is 1. The molecule has 0 saturated carbocycles. The molecule has 0 unspecified atom stereocenters. The Bertz CT molecular complexity index is 825. The minimum Gasteiger partial charge on any atom is -0.451 e. The summed E-state index contributed by atoms with van der Waals surface area (Å²) in [4.78, 5) is 33.2. The van der Waals surface area contributed by atoms with E-state index in [4.69, 9.17) is 4.74 Å². The largest absolute Gasteiger partial charge is 0.451 e. The van der Waals surface area contributed by atoms with E-state index in [-0.39, 0.29) is 11.4 Å². The minimum absolute atomic E-state index is 0.0147. The fourth-order valence-corrected chi connectivity index (χ4v) is 2.45. The number of aromatic nitrogens is 2. The Kier molecular flexibility index (Phi) is 6.91. The summed E-state index contributed by atoms with van der Waals surface area (Å²) < 4.78 is 43.9. The highest BCUT2D eigenvalue weighted by Crippen LogP contribution is 2.35. The lowest BCUT2D eigenvalue weighted by Gasteiger charge is -2.25. The number of hydrogen-bond acceptors (Lipinski definition) is 6. The molecule has 0 spiro atoms. The first-order chi connectivity index (χ1) is 13.3. The number of rotatable bonds is 7. The van der Waals surface area contributed by atoms with Crippen LogP contribution in [0.3, 0.4) is 0 Å². The Morgan fingerprint density at radius 1 is 1.18 bits per heavy atom. The number of carbonyl (C=O) groups excluding carboxylic acids is 2. The minimum atomic E-state index is -4.56. The average Bonchev–Trinajstić information content (AvgIpc) is 2.68. The Morgan fingerprint density at radius 3 is 2.46 bits per heavy atom. The van der Waals surface area contributed by atoms with Crippen LogP contribution in [0.2, 0.25) is 0 Å². The number of amides is 1. The zero-order valence-corrected chi connectivity index (χ0v) is 15.3. The lowest BCUT2D eigenvalue weighted by molar-refractivity contribution is -0.137. The number of esters is 1. The zero-order valence-electron chi connectivity index (χ0n) is 15.3. The van der Waals surface area contributed by atoms with Crippen molar-refractivity contribution in [2.75, 3.05) is 29.9 Å². The van der Waals surface area contributed by atoms with Crippen molar-refractivity contribution in [1.29, 1.82) is 0 Å². The molecule has 28 heavy (non-hydrogen) atoms. The van der Waals surface area contributed by atoms with E-state index < -0.39 is 30.2 Å². The molecule has 10 heteroatoms. The third-order valence-electron chi connectivity index (χ3n) is 3.81. The van der Waals surface area contributed by atoms with Crippen LogP contribution >= 0.6 is 0 Å². The highest BCUT2D eigenvalue weighted by molar-refractivity contribution is 5.97. The van der Waals surface area contributed by atoms with Crippen LogP contribution in [0.1, 0.15) is 29.9 Å². The maximum Gasteiger partial charge on any atom is 0.416 e. The summed E-state index contributed by atoms with van der Waals surface area (Å²) >= 11 is 0. The number of nitrogens with zero attached hydrogens (tertiary/aromatic N) is 3. The lowest BCUT2D eigenvalue weighted by atomic mass is 10.1. The summed E-state index contributed by atoms with van der Waals surface area (Å²) in [5, 5.41) is 2.39. The first-order valence-corrected chi connectivity index (χ1v) is 8.45. The van der Waals surface area contributed by atoms with Crippen LogP contribution in [0.4, 0.5) is 24.5 Å². The van der Waals surface area contributed by atoms with Gasteiger partial charge in [0.2, 0.25) is 0 Å². The van der Waals surface area contributed by atoms with Crippen molar-refractivity contribution < 1.29 is 27.5 Å². The number of alkyl halides is 3. The highest BCUT2D eigenvalue weighted by atomic mass is 19.4. The first-order valence-electron chi connectivity index (χ1n) is 8.45. The molecule has 0 aliphatic carbocycles. The monoisotopic (exact) mass is 396 g/mol. The molecule has 1 amide bonds. The smallest absolute Gasteiger partial charge is 0.416 e. The van der Waals surface area contributed by atoms with Gasteiger partial charge in [-0.3, -0.25) is 9.78 Å². The van der Waals surface area contributed by atoms with Gasteiger partial charge in [-0.2, -0.15) is 13.2 Å². The van der Waals surface area contributed by atoms with Crippen LogP contribution in [0.25, 0.3) is 0 Å². The second-order valence-electron chi connectivity index (χ2n) is 5.62. The number of halogens is 3. The molecule has 0 fully saturated rings. The molecular weight excluding hydrogens is 377 g/mol. The van der Waals surface area contributed by atoms with E-state index in [1.54, 1.807) is 4.90 Å². The van der Waals surface area contributed by atoms with Crippen LogP contribution < -0.4 is 10.2 Å². The van der Waals surface area contributed by atoms with Gasteiger partial charge in [-0.05, 0) is 32.0 Å². The Balaban J connectivity index is 2.15. The number of anilines is 2. The molecule has 1 heterocycles. The lowest BCUT2D eigenvalue weighted by Crippen LogP contribution is -2.26. The fraction of sp³-hybridized carbons (Fsp3) is 0.333. The van der Waals surface area contributed by atoms with Gasteiger partial charge in [0, 0.05) is 25.5 Å². The maximum absolute atomic E-state index is 13.0. The second kappa shape index (κ2) is 9.16. The molecular formula is C18H19F3N4O3. The number of carbonyl (C=O) groups is 2. The molecule has 0 saturated heterocycles. The molecule has 0 aliphatic rings. The van der Waals surface area contributed by atoms with Gasteiger partial charge in [0.1, 0.15) is 0 Å². The Labute approximate surface area is 159 Å². The van der Waals surface area contributed by atoms with Crippen molar-refractivity contribution in [1.82, 2.24) is 9.97 Å². The van der Waals surface area contributed by atoms with E-state index in [9.17, 15) is 22.8 Å². The van der Waals surface area contributed by atoms with Crippen molar-refractivity contribution >= 4 is 23.3 Å². The summed E-state index contributed by atoms with van der Waals surface area (Å²) in [5.74, 6) is -1.64. The molecule has 2 aromatic rings. The quantitative estimate of drug-likeness (QED) is 0.724. The van der Waals surface area contributed by atoms with E-state index >= 15 is 0 Å². The van der Waals surface area contributed by atoms with Crippen LogP contribution in [0.5, 0.6) is 0 Å². The van der Waals surface area contributed by atoms with E-state index in [2.05, 4.69) is 15.3 Å². The molecule has 1 aromatic heterocycles. The van der Waals surface area contributed by atoms with Gasteiger partial charge in [-0.15, -0.1) is 0 Å². The normalized spacial score (nSPS) is 11.0. The first kappa shape index (κ1) is 21.1. The third-order valence-corrected chi connectivity index (χ3v) is 3.81. The van der Waals surface area contributed by atoms with Crippen LogP contribution in [0, 0.1) is 0 Å². The molecule has 1 aromatic carbocycles. The van der Waals surface area contributed by atoms with E-state index in [1.807, 2.05) is 13.8 Å². The summed E-state index contributed by atoms with van der Waals surface area (Å²) in [6.45, 7) is 4.08. The maximum atomic E-state index is 13.0. The Morgan fingerprint density at radius 2 is 1.89 bits per heavy atom. The van der Waals surface area contributed by atoms with Crippen LogP contribution in [0.15, 0.2) is 36.8 Å². The summed E-state index contributed by atoms with van der Waals surface area (Å²) in [6.07, 6.45) is -0.729. The molecule has 2 rings (SSSR count). The summed E-state index contributed by atoms with van der Waals surface area (Å²) in [5.41, 5.74) is -0.556. The van der Waals surface area contributed by atoms with E-state index in [0.29, 0.717) is 18.8 Å². The van der Waals surface area contributed by atoms with E-state index in [0.717, 1.165) is 12.1 Å². The van der Waals surface area contributed by atoms with Gasteiger partial charge in [-0.25, -0.2) is 9.78 Å². The van der Waals surface area contributed by atoms with Crippen molar-refractivity contribution in [3.8, 4) is 0 Å². The van der Waals surface area contributed by atoms with Gasteiger partial charge < -0.3 is 15.0 Å². The molecule has 150 valence electrons. The molecule has 0 aliphatic heterocycles. The number of ether oxygens (including phenoxy) is 1. The van der Waals surface area contributed by atoms with Gasteiger partial charge in [0.15, 0.2) is 12.3 Å². The summed E-state index contributed by atoms with van der Waals surface area (Å²) in [7, 11) is 0. The molecule has 0 atom stereocenters. The van der Waals surface area contributed by atoms with Crippen molar-refractivity contribution in [2.45, 2.75) is 20.0 Å². The average molecular weight is 396 g/mol. The van der Waals surface area contributed by atoms with Crippen molar-refractivity contribution in [3.05, 3.63) is 48.0 Å². The SMILES string of the molecule is CCN(CC)c1ccc(C(F)(F)F)cc1NC(=O)COC(=O)c1cnccn1. The van der Waals surface area contributed by atoms with Gasteiger partial charge in [-0.1, -0.05) is 0 Å². The van der Waals surface area contributed by atoms with Gasteiger partial charge >= 0.3 is 12.1 Å². The molecule has 0 bridgehead atoms. The molecule has 7 nitrogen and oxygen atoms in total. The zero-order chi connectivity index (χ0) is 20.7. The second-order valence-corrected chi connectivity index (χ2v) is 5.62. The predicted octanol–water partition coefficient (Wildman–Crippen LogP) is 3.14. The van der Waals surface area contributed by atoms with Crippen LogP contribution in [-0.2, 0) is 15.7 Å². The van der Waals surface area contributed by atoms with Gasteiger partial charge in [0.05, 0.1) is 23.1 Å². The van der Waals surface area contributed by atoms with Crippen molar-refractivity contribution in [2.24, 2.45) is 0 Å². The summed E-state index contributed by atoms with van der Waals surface area (Å²) in [6, 6.07) is 3.12. The highest BCUT2D eigenvalue weighted by Gasteiger charge is 2.31. The molecule has 0 radical (unpaired) electrons. The molecule has 1 N–H and O–H groups in total. The van der Waals surface area contributed by atoms with E-state index in [1.165, 1.54) is 24.7 Å². The van der Waals surface area contributed by atoms with Crippen molar-refractivity contribution in [3.63, 3.8) is 0 Å². The van der Waals surface area contributed by atoms with Crippen LogP contribution in [-0.4, -0.2) is 41.5 Å². The Hall–Kier alpha value is -3.17. The fourth-order valence-electron chi connectivity index (χ4n) is 2.45. The predicted molar refractivity (Wildman–Crippen MR) is 95.9 cm³/mol. The topological polar surface area (TPSA) is 84.4 Å². The third kappa shape index (κ3) is 5.41. The standard InChI is InChI=1S/C18H19F3N4O3/c1-3-25(4-2)15-6-5-12(18(19,20)21)9-13(15)24-16(26)11-28-17(27)14-10-22-7-8-23-14/h5-10H,3-4,11H2,1-2H3,(H,24,26). The number of hydrogen-bond donors (Lipinski definition) is 1. The number of benzene rings is 1.